The fraction of sp³-hybridized carbons (Fsp3) is 0.500. The van der Waals surface area contributed by atoms with Crippen LogP contribution in [0.15, 0.2) is 24.3 Å². The van der Waals surface area contributed by atoms with Crippen molar-refractivity contribution in [2.75, 3.05) is 29.9 Å². The summed E-state index contributed by atoms with van der Waals surface area (Å²) in [6, 6.07) is 7.52. The zero-order chi connectivity index (χ0) is 13.7. The van der Waals surface area contributed by atoms with Crippen LogP contribution in [-0.4, -0.2) is 36.9 Å². The summed E-state index contributed by atoms with van der Waals surface area (Å²) in [5.41, 5.74) is 1.87. The van der Waals surface area contributed by atoms with Gasteiger partial charge in [0.05, 0.1) is 17.5 Å². The van der Waals surface area contributed by atoms with Gasteiger partial charge < -0.3 is 20.6 Å². The lowest BCUT2D eigenvalue weighted by atomic mass is 10.2. The molecule has 0 radical (unpaired) electrons. The van der Waals surface area contributed by atoms with Crippen LogP contribution in [0.1, 0.15) is 19.8 Å². The third-order valence-electron chi connectivity index (χ3n) is 3.16. The van der Waals surface area contributed by atoms with Gasteiger partial charge in [-0.3, -0.25) is 0 Å². The quantitative estimate of drug-likeness (QED) is 0.776. The maximum Gasteiger partial charge on any atom is 0.319 e. The van der Waals surface area contributed by atoms with Gasteiger partial charge in [-0.05, 0) is 31.9 Å². The van der Waals surface area contributed by atoms with E-state index in [9.17, 15) is 4.79 Å². The highest BCUT2D eigenvalue weighted by atomic mass is 16.3. The maximum absolute atomic E-state index is 11.7. The summed E-state index contributed by atoms with van der Waals surface area (Å²) in [5, 5.41) is 14.6. The molecule has 2 rings (SSSR count). The number of hydrogen-bond acceptors (Lipinski definition) is 3. The molecule has 1 saturated heterocycles. The zero-order valence-electron chi connectivity index (χ0n) is 11.2. The molecule has 1 unspecified atom stereocenters. The Kier molecular flexibility index (Phi) is 4.63. The van der Waals surface area contributed by atoms with Crippen molar-refractivity contribution in [2.45, 2.75) is 25.9 Å². The molecule has 5 nitrogen and oxygen atoms in total. The average molecular weight is 263 g/mol. The van der Waals surface area contributed by atoms with Crippen LogP contribution in [0.5, 0.6) is 0 Å². The summed E-state index contributed by atoms with van der Waals surface area (Å²) in [6.45, 7) is 3.96. The number of aliphatic hydroxyl groups is 1. The van der Waals surface area contributed by atoms with Crippen LogP contribution in [0.4, 0.5) is 16.2 Å². The molecule has 1 aliphatic heterocycles. The third-order valence-corrected chi connectivity index (χ3v) is 3.16. The van der Waals surface area contributed by atoms with E-state index in [1.807, 2.05) is 24.3 Å². The first kappa shape index (κ1) is 13.7. The van der Waals surface area contributed by atoms with Gasteiger partial charge in [0.25, 0.3) is 0 Å². The van der Waals surface area contributed by atoms with Crippen molar-refractivity contribution in [1.29, 1.82) is 0 Å². The van der Waals surface area contributed by atoms with E-state index in [0.717, 1.165) is 24.5 Å². The zero-order valence-corrected chi connectivity index (χ0v) is 11.2. The first-order chi connectivity index (χ1) is 9.16. The number of amides is 2. The first-order valence-electron chi connectivity index (χ1n) is 6.73. The standard InChI is InChI=1S/C14H21N3O2/c1-11(18)10-15-14(19)16-12-6-2-3-7-13(12)17-8-4-5-9-17/h2-3,6-7,11,18H,4-5,8-10H2,1H3,(H2,15,16,19). The normalized spacial score (nSPS) is 16.2. The van der Waals surface area contributed by atoms with Gasteiger partial charge >= 0.3 is 6.03 Å². The number of nitrogens with one attached hydrogen (secondary N) is 2. The molecule has 0 spiro atoms. The SMILES string of the molecule is CC(O)CNC(=O)Nc1ccccc1N1CCCC1. The van der Waals surface area contributed by atoms with Crippen molar-refractivity contribution >= 4 is 17.4 Å². The highest BCUT2D eigenvalue weighted by Gasteiger charge is 2.16. The molecule has 104 valence electrons. The Balaban J connectivity index is 2.01. The lowest BCUT2D eigenvalue weighted by Crippen LogP contribution is -2.34. The van der Waals surface area contributed by atoms with Crippen LogP contribution >= 0.6 is 0 Å². The van der Waals surface area contributed by atoms with Crippen molar-refractivity contribution in [1.82, 2.24) is 5.32 Å². The van der Waals surface area contributed by atoms with Crippen LogP contribution in [0.25, 0.3) is 0 Å². The Morgan fingerprint density at radius 1 is 1.37 bits per heavy atom. The molecule has 1 aromatic carbocycles. The molecule has 1 atom stereocenters. The van der Waals surface area contributed by atoms with Crippen LogP contribution < -0.4 is 15.5 Å². The summed E-state index contributed by atoms with van der Waals surface area (Å²) in [7, 11) is 0. The minimum Gasteiger partial charge on any atom is -0.392 e. The average Bonchev–Trinajstić information content (AvgIpc) is 2.91. The van der Waals surface area contributed by atoms with Gasteiger partial charge in [-0.1, -0.05) is 12.1 Å². The fourth-order valence-corrected chi connectivity index (χ4v) is 2.22. The molecule has 5 heteroatoms. The van der Waals surface area contributed by atoms with Gasteiger partial charge in [0.1, 0.15) is 0 Å². The summed E-state index contributed by atoms with van der Waals surface area (Å²) in [6.07, 6.45) is 1.85. The van der Waals surface area contributed by atoms with Gasteiger partial charge in [0, 0.05) is 19.6 Å². The predicted octanol–water partition coefficient (Wildman–Crippen LogP) is 1.79. The van der Waals surface area contributed by atoms with Crippen molar-refractivity contribution in [3.63, 3.8) is 0 Å². The Morgan fingerprint density at radius 2 is 2.05 bits per heavy atom. The number of anilines is 2. The minimum atomic E-state index is -0.542. The Bertz CT molecular complexity index is 428. The van der Waals surface area contributed by atoms with Crippen LogP contribution in [0.3, 0.4) is 0 Å². The van der Waals surface area contributed by atoms with Crippen molar-refractivity contribution in [2.24, 2.45) is 0 Å². The van der Waals surface area contributed by atoms with E-state index in [0.29, 0.717) is 0 Å². The van der Waals surface area contributed by atoms with Gasteiger partial charge in [-0.25, -0.2) is 4.79 Å². The van der Waals surface area contributed by atoms with Gasteiger partial charge in [-0.2, -0.15) is 0 Å². The first-order valence-corrected chi connectivity index (χ1v) is 6.73. The lowest BCUT2D eigenvalue weighted by molar-refractivity contribution is 0.190. The highest BCUT2D eigenvalue weighted by Crippen LogP contribution is 2.28. The van der Waals surface area contributed by atoms with Crippen LogP contribution in [0.2, 0.25) is 0 Å². The van der Waals surface area contributed by atoms with E-state index in [-0.39, 0.29) is 12.6 Å². The highest BCUT2D eigenvalue weighted by molar-refractivity contribution is 5.93. The Hall–Kier alpha value is -1.75. The molecule has 0 saturated carbocycles. The lowest BCUT2D eigenvalue weighted by Gasteiger charge is -2.21. The molecule has 0 aromatic heterocycles. The summed E-state index contributed by atoms with van der Waals surface area (Å²) < 4.78 is 0. The van der Waals surface area contributed by atoms with Gasteiger partial charge in [0.2, 0.25) is 0 Å². The van der Waals surface area contributed by atoms with E-state index < -0.39 is 6.10 Å². The largest absolute Gasteiger partial charge is 0.392 e. The van der Waals surface area contributed by atoms with E-state index >= 15 is 0 Å². The molecular weight excluding hydrogens is 242 g/mol. The number of urea groups is 1. The number of rotatable bonds is 4. The maximum atomic E-state index is 11.7. The molecule has 0 aliphatic carbocycles. The monoisotopic (exact) mass is 263 g/mol. The summed E-state index contributed by atoms with van der Waals surface area (Å²) in [4.78, 5) is 14.0. The predicted molar refractivity (Wildman–Crippen MR) is 76.6 cm³/mol. The molecule has 2 amide bonds. The second kappa shape index (κ2) is 6.43. The number of hydrogen-bond donors (Lipinski definition) is 3. The van der Waals surface area contributed by atoms with Gasteiger partial charge in [-0.15, -0.1) is 0 Å². The van der Waals surface area contributed by atoms with E-state index in [4.69, 9.17) is 5.11 Å². The molecule has 1 aliphatic rings. The molecule has 1 aromatic rings. The molecule has 0 bridgehead atoms. The number of carbonyl (C=O) groups is 1. The minimum absolute atomic E-state index is 0.248. The third kappa shape index (κ3) is 3.86. The number of benzene rings is 1. The van der Waals surface area contributed by atoms with Crippen LogP contribution in [0, 0.1) is 0 Å². The Morgan fingerprint density at radius 3 is 2.74 bits per heavy atom. The van der Waals surface area contributed by atoms with Crippen LogP contribution in [-0.2, 0) is 0 Å². The molecule has 3 N–H and O–H groups in total. The second-order valence-electron chi connectivity index (χ2n) is 4.90. The fourth-order valence-electron chi connectivity index (χ4n) is 2.22. The molecular formula is C14H21N3O2. The number of carbonyl (C=O) groups excluding carboxylic acids is 1. The smallest absolute Gasteiger partial charge is 0.319 e. The second-order valence-corrected chi connectivity index (χ2v) is 4.90. The van der Waals surface area contributed by atoms with E-state index in [1.165, 1.54) is 12.8 Å². The topological polar surface area (TPSA) is 64.6 Å². The molecule has 1 fully saturated rings. The Labute approximate surface area is 113 Å². The molecule has 1 heterocycles. The van der Waals surface area contributed by atoms with Gasteiger partial charge in [0.15, 0.2) is 0 Å². The number of nitrogens with zero attached hydrogens (tertiary/aromatic N) is 1. The van der Waals surface area contributed by atoms with Crippen molar-refractivity contribution in [3.8, 4) is 0 Å². The number of para-hydroxylation sites is 2. The summed E-state index contributed by atoms with van der Waals surface area (Å²) in [5.74, 6) is 0. The van der Waals surface area contributed by atoms with E-state index in [1.54, 1.807) is 6.92 Å². The van der Waals surface area contributed by atoms with Crippen molar-refractivity contribution in [3.05, 3.63) is 24.3 Å². The van der Waals surface area contributed by atoms with E-state index in [2.05, 4.69) is 15.5 Å². The summed E-state index contributed by atoms with van der Waals surface area (Å²) >= 11 is 0. The number of aliphatic hydroxyl groups excluding tert-OH is 1. The van der Waals surface area contributed by atoms with Crippen molar-refractivity contribution < 1.29 is 9.90 Å². The molecule has 19 heavy (non-hydrogen) atoms.